The molecule has 2 N–H and O–H groups in total. The van der Waals surface area contributed by atoms with Gasteiger partial charge in [-0.3, -0.25) is 4.90 Å². The van der Waals surface area contributed by atoms with Crippen molar-refractivity contribution in [3.63, 3.8) is 0 Å². The molecule has 0 radical (unpaired) electrons. The summed E-state index contributed by atoms with van der Waals surface area (Å²) in [4.78, 5) is 7.09. The highest BCUT2D eigenvalue weighted by Gasteiger charge is 2.33. The maximum atomic E-state index is 6.24. The molecule has 4 rings (SSSR count). The fourth-order valence-corrected chi connectivity index (χ4v) is 4.31. The van der Waals surface area contributed by atoms with E-state index in [1.165, 1.54) is 5.56 Å². The minimum atomic E-state index is 0. The number of hydrogen-bond acceptors (Lipinski definition) is 3. The number of rotatable bonds is 4. The Morgan fingerprint density at radius 2 is 1.81 bits per heavy atom. The fraction of sp³-hybridized carbons (Fsp3) is 0.316. The summed E-state index contributed by atoms with van der Waals surface area (Å²) >= 11 is 12.3. The Kier molecular flexibility index (Phi) is 7.81. The van der Waals surface area contributed by atoms with E-state index in [-0.39, 0.29) is 24.8 Å². The van der Waals surface area contributed by atoms with E-state index in [2.05, 4.69) is 40.2 Å². The highest BCUT2D eigenvalue weighted by Crippen LogP contribution is 2.33. The first-order chi connectivity index (χ1) is 12.1. The molecule has 1 aromatic carbocycles. The number of fused-ring (bicyclic) bond motifs is 1. The lowest BCUT2D eigenvalue weighted by molar-refractivity contribution is 0.313. The van der Waals surface area contributed by atoms with E-state index in [0.717, 1.165) is 31.0 Å². The summed E-state index contributed by atoms with van der Waals surface area (Å²) < 4.78 is 1.89. The molecule has 0 amide bonds. The van der Waals surface area contributed by atoms with Crippen molar-refractivity contribution in [2.24, 2.45) is 11.7 Å². The Bertz CT molecular complexity index is 884. The zero-order valence-corrected chi connectivity index (χ0v) is 17.7. The standard InChI is InChI=1S/C19H20Cl2N4.2ClH/c20-15-6-18(21)19-23-16(11-25(19)9-15)10-24-8-14(7-22)17(12-24)13-4-2-1-3-5-13;;/h1-6,9,11,14,17H,7-8,10,12,22H2;2*1H/t14-,17+;;/m1../s1. The predicted molar refractivity (Wildman–Crippen MR) is 117 cm³/mol. The van der Waals surface area contributed by atoms with E-state index >= 15 is 0 Å². The molecule has 27 heavy (non-hydrogen) atoms. The maximum absolute atomic E-state index is 6.24. The Morgan fingerprint density at radius 1 is 1.07 bits per heavy atom. The molecule has 4 nitrogen and oxygen atoms in total. The summed E-state index contributed by atoms with van der Waals surface area (Å²) in [6.45, 7) is 3.46. The van der Waals surface area contributed by atoms with E-state index in [1.807, 2.05) is 16.8 Å². The van der Waals surface area contributed by atoms with Crippen molar-refractivity contribution >= 4 is 53.7 Å². The van der Waals surface area contributed by atoms with Crippen LogP contribution in [0.2, 0.25) is 10.0 Å². The molecule has 1 aliphatic rings. The van der Waals surface area contributed by atoms with Crippen molar-refractivity contribution in [2.75, 3.05) is 19.6 Å². The summed E-state index contributed by atoms with van der Waals surface area (Å²) in [6.07, 6.45) is 3.83. The molecule has 0 saturated carbocycles. The topological polar surface area (TPSA) is 46.6 Å². The van der Waals surface area contributed by atoms with Gasteiger partial charge in [-0.25, -0.2) is 4.98 Å². The van der Waals surface area contributed by atoms with Gasteiger partial charge in [0.05, 0.1) is 15.7 Å². The summed E-state index contributed by atoms with van der Waals surface area (Å²) in [7, 11) is 0. The van der Waals surface area contributed by atoms with Gasteiger partial charge in [0.15, 0.2) is 5.65 Å². The second kappa shape index (κ2) is 9.46. The van der Waals surface area contributed by atoms with Crippen LogP contribution in [0.4, 0.5) is 0 Å². The van der Waals surface area contributed by atoms with Crippen molar-refractivity contribution in [1.29, 1.82) is 0 Å². The predicted octanol–water partition coefficient (Wildman–Crippen LogP) is 4.66. The van der Waals surface area contributed by atoms with E-state index in [1.54, 1.807) is 6.07 Å². The fourth-order valence-electron chi connectivity index (χ4n) is 3.79. The average Bonchev–Trinajstić information content (AvgIpc) is 3.19. The molecule has 3 aromatic rings. The van der Waals surface area contributed by atoms with Crippen LogP contribution in [-0.4, -0.2) is 33.9 Å². The van der Waals surface area contributed by atoms with Crippen molar-refractivity contribution in [2.45, 2.75) is 12.5 Å². The minimum Gasteiger partial charge on any atom is -0.330 e. The van der Waals surface area contributed by atoms with Crippen molar-refractivity contribution in [1.82, 2.24) is 14.3 Å². The zero-order valence-electron chi connectivity index (χ0n) is 14.6. The maximum Gasteiger partial charge on any atom is 0.156 e. The van der Waals surface area contributed by atoms with E-state index in [0.29, 0.717) is 28.4 Å². The second-order valence-corrected chi connectivity index (χ2v) is 7.52. The highest BCUT2D eigenvalue weighted by atomic mass is 35.5. The molecule has 1 fully saturated rings. The first kappa shape index (κ1) is 22.3. The number of likely N-dealkylation sites (tertiary alicyclic amines) is 1. The Hall–Kier alpha value is -1.01. The van der Waals surface area contributed by atoms with Gasteiger partial charge in [-0.2, -0.15) is 0 Å². The van der Waals surface area contributed by atoms with E-state index in [9.17, 15) is 0 Å². The molecule has 3 heterocycles. The van der Waals surface area contributed by atoms with Crippen LogP contribution in [0.1, 0.15) is 17.2 Å². The Morgan fingerprint density at radius 3 is 2.52 bits per heavy atom. The quantitative estimate of drug-likeness (QED) is 0.632. The molecular formula is C19H22Cl4N4. The van der Waals surface area contributed by atoms with Gasteiger partial charge in [0, 0.05) is 37.9 Å². The van der Waals surface area contributed by atoms with Crippen LogP contribution in [0.3, 0.4) is 0 Å². The monoisotopic (exact) mass is 446 g/mol. The van der Waals surface area contributed by atoms with Gasteiger partial charge in [-0.15, -0.1) is 24.8 Å². The van der Waals surface area contributed by atoms with Crippen molar-refractivity contribution in [3.05, 3.63) is 70.1 Å². The van der Waals surface area contributed by atoms with E-state index in [4.69, 9.17) is 28.9 Å². The van der Waals surface area contributed by atoms with Crippen LogP contribution in [0.25, 0.3) is 5.65 Å². The van der Waals surface area contributed by atoms with Gasteiger partial charge in [0.1, 0.15) is 0 Å². The third-order valence-corrected chi connectivity index (χ3v) is 5.44. The van der Waals surface area contributed by atoms with Gasteiger partial charge in [-0.05, 0) is 24.1 Å². The van der Waals surface area contributed by atoms with Crippen molar-refractivity contribution < 1.29 is 0 Å². The summed E-state index contributed by atoms with van der Waals surface area (Å²) in [5.41, 5.74) is 9.14. The van der Waals surface area contributed by atoms with Crippen LogP contribution < -0.4 is 5.73 Å². The number of hydrogen-bond donors (Lipinski definition) is 1. The number of aromatic nitrogens is 2. The lowest BCUT2D eigenvalue weighted by Crippen LogP contribution is -2.23. The number of nitrogens with zero attached hydrogens (tertiary/aromatic N) is 3. The normalized spacial score (nSPS) is 19.7. The number of pyridine rings is 1. The molecule has 0 aliphatic carbocycles. The van der Waals surface area contributed by atoms with Crippen LogP contribution in [0.5, 0.6) is 0 Å². The van der Waals surface area contributed by atoms with Crippen molar-refractivity contribution in [3.8, 4) is 0 Å². The van der Waals surface area contributed by atoms with Gasteiger partial charge < -0.3 is 10.1 Å². The minimum absolute atomic E-state index is 0. The number of benzene rings is 1. The number of nitrogens with two attached hydrogens (primary N) is 1. The lowest BCUT2D eigenvalue weighted by Gasteiger charge is -2.16. The first-order valence-corrected chi connectivity index (χ1v) is 9.19. The molecule has 1 saturated heterocycles. The molecule has 0 spiro atoms. The molecule has 0 bridgehead atoms. The largest absolute Gasteiger partial charge is 0.330 e. The zero-order chi connectivity index (χ0) is 17.4. The molecular weight excluding hydrogens is 426 g/mol. The number of imidazole rings is 1. The molecule has 2 atom stereocenters. The van der Waals surface area contributed by atoms with E-state index < -0.39 is 0 Å². The van der Waals surface area contributed by atoms with Gasteiger partial charge >= 0.3 is 0 Å². The average molecular weight is 448 g/mol. The summed E-state index contributed by atoms with van der Waals surface area (Å²) in [5.74, 6) is 0.943. The smallest absolute Gasteiger partial charge is 0.156 e. The Balaban J connectivity index is 0.00000131. The summed E-state index contributed by atoms with van der Waals surface area (Å²) in [6, 6.07) is 12.4. The Labute approximate surface area is 181 Å². The SMILES string of the molecule is Cl.Cl.NC[C@@H]1CN(Cc2cn3cc(Cl)cc(Cl)c3n2)C[C@H]1c1ccccc1. The van der Waals surface area contributed by atoms with Crippen LogP contribution in [0.15, 0.2) is 48.8 Å². The number of halogens is 4. The molecule has 8 heteroatoms. The van der Waals surface area contributed by atoms with Crippen LogP contribution >= 0.6 is 48.0 Å². The molecule has 146 valence electrons. The van der Waals surface area contributed by atoms with Gasteiger partial charge in [-0.1, -0.05) is 53.5 Å². The second-order valence-electron chi connectivity index (χ2n) is 6.68. The molecule has 0 unspecified atom stereocenters. The first-order valence-electron chi connectivity index (χ1n) is 8.44. The third kappa shape index (κ3) is 4.70. The van der Waals surface area contributed by atoms with Crippen LogP contribution in [-0.2, 0) is 6.54 Å². The summed E-state index contributed by atoms with van der Waals surface area (Å²) in [5, 5.41) is 1.18. The van der Waals surface area contributed by atoms with Crippen LogP contribution in [0, 0.1) is 5.92 Å². The third-order valence-electron chi connectivity index (χ3n) is 4.96. The van der Waals surface area contributed by atoms with Gasteiger partial charge in [0.2, 0.25) is 0 Å². The van der Waals surface area contributed by atoms with Gasteiger partial charge in [0.25, 0.3) is 0 Å². The molecule has 1 aliphatic heterocycles. The lowest BCUT2D eigenvalue weighted by atomic mass is 9.89. The molecule has 2 aromatic heterocycles. The highest BCUT2D eigenvalue weighted by molar-refractivity contribution is 6.36.